The Morgan fingerprint density at radius 3 is 2.85 bits per heavy atom. The largest absolute Gasteiger partial charge is 0.310 e. The van der Waals surface area contributed by atoms with Crippen molar-refractivity contribution in [1.82, 2.24) is 4.98 Å². The molecular weight excluding hydrogens is 279 g/mol. The fourth-order valence-corrected chi connectivity index (χ4v) is 1.34. The Bertz CT molecular complexity index is 319. The molecule has 1 saturated carbocycles. The maximum absolute atomic E-state index is 11.3. The van der Waals surface area contributed by atoms with Gasteiger partial charge in [-0.15, -0.1) is 0 Å². The molecule has 0 atom stereocenters. The van der Waals surface area contributed by atoms with E-state index < -0.39 is 0 Å². The first kappa shape index (κ1) is 8.93. The van der Waals surface area contributed by atoms with E-state index in [2.05, 4.69) is 32.9 Å². The number of anilines is 1. The Morgan fingerprint density at radius 1 is 1.54 bits per heavy atom. The highest BCUT2D eigenvalue weighted by atomic mass is 127. The molecule has 0 aliphatic heterocycles. The number of hydrogen-bond acceptors (Lipinski definition) is 2. The molecule has 1 fully saturated rings. The van der Waals surface area contributed by atoms with Gasteiger partial charge in [-0.05, 0) is 47.6 Å². The highest BCUT2D eigenvalue weighted by molar-refractivity contribution is 14.1. The van der Waals surface area contributed by atoms with Crippen molar-refractivity contribution in [2.24, 2.45) is 5.92 Å². The lowest BCUT2D eigenvalue weighted by atomic mass is 10.4. The SMILES string of the molecule is O=C(Nc1ccc(I)cn1)C1CC1. The second kappa shape index (κ2) is 3.61. The first-order chi connectivity index (χ1) is 6.25. The van der Waals surface area contributed by atoms with E-state index in [9.17, 15) is 4.79 Å². The van der Waals surface area contributed by atoms with Crippen molar-refractivity contribution < 1.29 is 4.79 Å². The van der Waals surface area contributed by atoms with Gasteiger partial charge in [0.05, 0.1) is 0 Å². The van der Waals surface area contributed by atoms with Crippen LogP contribution in [0.25, 0.3) is 0 Å². The average molecular weight is 288 g/mol. The summed E-state index contributed by atoms with van der Waals surface area (Å²) < 4.78 is 1.07. The number of carbonyl (C=O) groups is 1. The maximum Gasteiger partial charge on any atom is 0.228 e. The molecule has 68 valence electrons. The van der Waals surface area contributed by atoms with Crippen molar-refractivity contribution in [2.75, 3.05) is 5.32 Å². The van der Waals surface area contributed by atoms with Crippen LogP contribution in [0.1, 0.15) is 12.8 Å². The molecule has 1 heterocycles. The number of halogens is 1. The zero-order valence-electron chi connectivity index (χ0n) is 6.96. The predicted octanol–water partition coefficient (Wildman–Crippen LogP) is 2.03. The van der Waals surface area contributed by atoms with Crippen LogP contribution in [0.15, 0.2) is 18.3 Å². The minimum atomic E-state index is 0.105. The first-order valence-electron chi connectivity index (χ1n) is 4.18. The minimum absolute atomic E-state index is 0.105. The highest BCUT2D eigenvalue weighted by Gasteiger charge is 2.29. The fourth-order valence-electron chi connectivity index (χ4n) is 1.02. The zero-order chi connectivity index (χ0) is 9.26. The molecule has 0 bridgehead atoms. The standard InChI is InChI=1S/C9H9IN2O/c10-7-3-4-8(11-5-7)12-9(13)6-1-2-6/h3-6H,1-2H2,(H,11,12,13). The molecule has 3 nitrogen and oxygen atoms in total. The molecule has 1 N–H and O–H groups in total. The van der Waals surface area contributed by atoms with E-state index in [1.807, 2.05) is 12.1 Å². The molecule has 1 aromatic rings. The summed E-state index contributed by atoms with van der Waals surface area (Å²) in [4.78, 5) is 15.4. The zero-order valence-corrected chi connectivity index (χ0v) is 9.11. The van der Waals surface area contributed by atoms with Gasteiger partial charge in [0.1, 0.15) is 5.82 Å². The van der Waals surface area contributed by atoms with Gasteiger partial charge in [0.25, 0.3) is 0 Å². The van der Waals surface area contributed by atoms with Crippen molar-refractivity contribution in [1.29, 1.82) is 0 Å². The van der Waals surface area contributed by atoms with Gasteiger partial charge in [-0.1, -0.05) is 0 Å². The van der Waals surface area contributed by atoms with Gasteiger partial charge >= 0.3 is 0 Å². The van der Waals surface area contributed by atoms with Crippen LogP contribution in [-0.4, -0.2) is 10.9 Å². The molecule has 13 heavy (non-hydrogen) atoms. The molecule has 2 rings (SSSR count). The lowest BCUT2D eigenvalue weighted by molar-refractivity contribution is -0.117. The first-order valence-corrected chi connectivity index (χ1v) is 5.26. The summed E-state index contributed by atoms with van der Waals surface area (Å²) >= 11 is 2.18. The van der Waals surface area contributed by atoms with Gasteiger partial charge in [0, 0.05) is 15.7 Å². The number of amides is 1. The van der Waals surface area contributed by atoms with Crippen LogP contribution < -0.4 is 5.32 Å². The molecule has 1 aliphatic rings. The quantitative estimate of drug-likeness (QED) is 0.846. The van der Waals surface area contributed by atoms with Gasteiger partial charge in [0.15, 0.2) is 0 Å². The summed E-state index contributed by atoms with van der Waals surface area (Å²) in [5, 5.41) is 2.78. The third-order valence-corrected chi connectivity index (χ3v) is 2.56. The molecule has 4 heteroatoms. The molecule has 1 amide bonds. The summed E-state index contributed by atoms with van der Waals surface area (Å²) in [5.74, 6) is 0.993. The van der Waals surface area contributed by atoms with Gasteiger partial charge in [-0.2, -0.15) is 0 Å². The monoisotopic (exact) mass is 288 g/mol. The average Bonchev–Trinajstić information content (AvgIpc) is 2.91. The van der Waals surface area contributed by atoms with Crippen LogP contribution in [0.5, 0.6) is 0 Å². The number of nitrogens with zero attached hydrogens (tertiary/aromatic N) is 1. The number of hydrogen-bond donors (Lipinski definition) is 1. The van der Waals surface area contributed by atoms with Crippen LogP contribution in [0.4, 0.5) is 5.82 Å². The van der Waals surface area contributed by atoms with Gasteiger partial charge in [0.2, 0.25) is 5.91 Å². The second-order valence-electron chi connectivity index (χ2n) is 3.13. The lowest BCUT2D eigenvalue weighted by Crippen LogP contribution is -2.14. The topological polar surface area (TPSA) is 42.0 Å². The number of carbonyl (C=O) groups excluding carboxylic acids is 1. The Labute approximate surface area is 90.1 Å². The van der Waals surface area contributed by atoms with E-state index in [0.717, 1.165) is 16.4 Å². The summed E-state index contributed by atoms with van der Waals surface area (Å²) in [7, 11) is 0. The Balaban J connectivity index is 2.00. The Hall–Kier alpha value is -0.650. The maximum atomic E-state index is 11.3. The van der Waals surface area contributed by atoms with Crippen LogP contribution in [0.2, 0.25) is 0 Å². The lowest BCUT2D eigenvalue weighted by Gasteiger charge is -2.01. The number of rotatable bonds is 2. The summed E-state index contributed by atoms with van der Waals surface area (Å²) in [6.07, 6.45) is 3.79. The molecule has 0 spiro atoms. The van der Waals surface area contributed by atoms with E-state index in [4.69, 9.17) is 0 Å². The van der Waals surface area contributed by atoms with Crippen LogP contribution in [0, 0.1) is 9.49 Å². The minimum Gasteiger partial charge on any atom is -0.310 e. The van der Waals surface area contributed by atoms with Crippen molar-refractivity contribution in [3.63, 3.8) is 0 Å². The summed E-state index contributed by atoms with van der Waals surface area (Å²) in [6, 6.07) is 3.75. The highest BCUT2D eigenvalue weighted by Crippen LogP contribution is 2.29. The van der Waals surface area contributed by atoms with Crippen LogP contribution in [0.3, 0.4) is 0 Å². The van der Waals surface area contributed by atoms with Crippen molar-refractivity contribution >= 4 is 34.3 Å². The van der Waals surface area contributed by atoms with E-state index >= 15 is 0 Å². The van der Waals surface area contributed by atoms with E-state index in [1.165, 1.54) is 0 Å². The molecule has 0 aromatic carbocycles. The van der Waals surface area contributed by atoms with Crippen LogP contribution >= 0.6 is 22.6 Å². The van der Waals surface area contributed by atoms with E-state index in [0.29, 0.717) is 5.82 Å². The number of aromatic nitrogens is 1. The van der Waals surface area contributed by atoms with E-state index in [-0.39, 0.29) is 11.8 Å². The smallest absolute Gasteiger partial charge is 0.228 e. The second-order valence-corrected chi connectivity index (χ2v) is 4.37. The molecular formula is C9H9IN2O. The van der Waals surface area contributed by atoms with Crippen molar-refractivity contribution in [3.05, 3.63) is 21.9 Å². The molecule has 0 unspecified atom stereocenters. The predicted molar refractivity (Wildman–Crippen MR) is 58.3 cm³/mol. The van der Waals surface area contributed by atoms with Crippen molar-refractivity contribution in [2.45, 2.75) is 12.8 Å². The molecule has 1 aromatic heterocycles. The summed E-state index contributed by atoms with van der Waals surface area (Å²) in [6.45, 7) is 0. The van der Waals surface area contributed by atoms with E-state index in [1.54, 1.807) is 6.20 Å². The molecule has 1 aliphatic carbocycles. The molecule has 0 radical (unpaired) electrons. The third-order valence-electron chi connectivity index (χ3n) is 1.93. The number of nitrogens with one attached hydrogen (secondary N) is 1. The fraction of sp³-hybridized carbons (Fsp3) is 0.333. The van der Waals surface area contributed by atoms with Crippen molar-refractivity contribution in [3.8, 4) is 0 Å². The third kappa shape index (κ3) is 2.40. The summed E-state index contributed by atoms with van der Waals surface area (Å²) in [5.41, 5.74) is 0. The normalized spacial score (nSPS) is 15.5. The Morgan fingerprint density at radius 2 is 2.31 bits per heavy atom. The molecule has 0 saturated heterocycles. The number of pyridine rings is 1. The van der Waals surface area contributed by atoms with Gasteiger partial charge in [-0.25, -0.2) is 4.98 Å². The Kier molecular flexibility index (Phi) is 2.48. The van der Waals surface area contributed by atoms with Gasteiger partial charge in [-0.3, -0.25) is 4.79 Å². The van der Waals surface area contributed by atoms with Crippen LogP contribution in [-0.2, 0) is 4.79 Å². The van der Waals surface area contributed by atoms with Gasteiger partial charge < -0.3 is 5.32 Å².